The Balaban J connectivity index is 1.94. The van der Waals surface area contributed by atoms with E-state index in [0.29, 0.717) is 22.6 Å². The molecule has 2 N–H and O–H groups in total. The number of aromatic hydroxyl groups is 1. The first-order valence-electron chi connectivity index (χ1n) is 11.2. The predicted octanol–water partition coefficient (Wildman–Crippen LogP) is 6.08. The Morgan fingerprint density at radius 3 is 2.40 bits per heavy atom. The molecule has 3 aromatic carbocycles. The second-order valence-electron chi connectivity index (χ2n) is 8.84. The van der Waals surface area contributed by atoms with E-state index in [1.807, 2.05) is 39.8 Å². The van der Waals surface area contributed by atoms with Crippen LogP contribution in [0, 0.1) is 13.8 Å². The molecule has 1 fully saturated rings. The molecule has 0 aliphatic carbocycles. The Morgan fingerprint density at radius 2 is 1.74 bits per heavy atom. The van der Waals surface area contributed by atoms with Crippen LogP contribution in [0.3, 0.4) is 0 Å². The molecule has 0 saturated carbocycles. The molecule has 1 aliphatic rings. The van der Waals surface area contributed by atoms with Crippen molar-refractivity contribution in [3.63, 3.8) is 0 Å². The maximum absolute atomic E-state index is 13.3. The van der Waals surface area contributed by atoms with E-state index in [1.54, 1.807) is 36.4 Å². The number of nitrogens with zero attached hydrogens (tertiary/aromatic N) is 1. The number of ketones is 1. The van der Waals surface area contributed by atoms with Crippen molar-refractivity contribution in [3.05, 3.63) is 93.5 Å². The van der Waals surface area contributed by atoms with Gasteiger partial charge < -0.3 is 14.9 Å². The fraction of sp³-hybridized carbons (Fsp3) is 0.214. The molecule has 1 heterocycles. The summed E-state index contributed by atoms with van der Waals surface area (Å²) < 4.78 is 5.73. The van der Waals surface area contributed by atoms with Gasteiger partial charge in [-0.15, -0.1) is 0 Å². The molecule has 0 aromatic heterocycles. The number of ether oxygens (including phenoxy) is 1. The highest BCUT2D eigenvalue weighted by Crippen LogP contribution is 2.44. The zero-order valence-electron chi connectivity index (χ0n) is 19.9. The van der Waals surface area contributed by atoms with Gasteiger partial charge in [0.2, 0.25) is 0 Å². The third-order valence-electron chi connectivity index (χ3n) is 5.98. The lowest BCUT2D eigenvalue weighted by atomic mass is 9.94. The Hall–Kier alpha value is -3.77. The van der Waals surface area contributed by atoms with E-state index in [-0.39, 0.29) is 28.2 Å². The van der Waals surface area contributed by atoms with E-state index in [9.17, 15) is 19.8 Å². The number of aliphatic hydroxyl groups excluding tert-OH is 1. The molecular formula is C28H26ClNO5. The summed E-state index contributed by atoms with van der Waals surface area (Å²) in [5, 5.41) is 21.3. The number of halogens is 1. The number of aliphatic hydroxyl groups is 1. The van der Waals surface area contributed by atoms with E-state index in [1.165, 1.54) is 17.0 Å². The van der Waals surface area contributed by atoms with E-state index >= 15 is 0 Å². The molecule has 4 rings (SSSR count). The highest BCUT2D eigenvalue weighted by atomic mass is 35.5. The molecule has 3 aromatic rings. The van der Waals surface area contributed by atoms with Gasteiger partial charge in [-0.25, -0.2) is 0 Å². The number of phenols is 1. The number of carbonyl (C=O) groups excluding carboxylic acids is 2. The maximum Gasteiger partial charge on any atom is 0.300 e. The lowest BCUT2D eigenvalue weighted by Gasteiger charge is -2.26. The van der Waals surface area contributed by atoms with Crippen LogP contribution in [0.4, 0.5) is 5.69 Å². The van der Waals surface area contributed by atoms with Gasteiger partial charge in [-0.3, -0.25) is 14.5 Å². The van der Waals surface area contributed by atoms with E-state index in [2.05, 4.69) is 0 Å². The minimum atomic E-state index is -0.954. The normalized spacial score (nSPS) is 17.3. The number of carbonyl (C=O) groups is 2. The number of anilines is 1. The third-order valence-corrected chi connectivity index (χ3v) is 6.28. The first kappa shape index (κ1) is 24.4. The van der Waals surface area contributed by atoms with Crippen molar-refractivity contribution in [2.75, 3.05) is 4.90 Å². The second-order valence-corrected chi connectivity index (χ2v) is 9.25. The molecule has 6 nitrogen and oxygen atoms in total. The lowest BCUT2D eigenvalue weighted by molar-refractivity contribution is -0.132. The Bertz CT molecular complexity index is 1360. The fourth-order valence-electron chi connectivity index (χ4n) is 4.13. The standard InChI is InChI=1S/C28H26ClNO5/c1-15(2)35-21-7-5-6-19(13-21)26(32)24-25(18-9-11-23(31)22(29)14-18)30(28(34)27(24)33)20-10-8-16(3)17(4)12-20/h5-15,25,31-32H,1-4H3/b26-24+. The lowest BCUT2D eigenvalue weighted by Crippen LogP contribution is -2.29. The first-order valence-corrected chi connectivity index (χ1v) is 11.6. The van der Waals surface area contributed by atoms with Gasteiger partial charge in [0, 0.05) is 11.3 Å². The summed E-state index contributed by atoms with van der Waals surface area (Å²) in [5.74, 6) is -1.50. The van der Waals surface area contributed by atoms with Crippen molar-refractivity contribution in [1.29, 1.82) is 0 Å². The van der Waals surface area contributed by atoms with Gasteiger partial charge in [0.1, 0.15) is 17.3 Å². The zero-order chi connectivity index (χ0) is 25.4. The minimum Gasteiger partial charge on any atom is -0.507 e. The summed E-state index contributed by atoms with van der Waals surface area (Å²) in [5.41, 5.74) is 3.25. The van der Waals surface area contributed by atoms with E-state index in [0.717, 1.165) is 11.1 Å². The molecule has 0 bridgehead atoms. The van der Waals surface area contributed by atoms with Crippen LogP contribution in [0.15, 0.2) is 66.2 Å². The Kier molecular flexibility index (Phi) is 6.59. The first-order chi connectivity index (χ1) is 16.6. The largest absolute Gasteiger partial charge is 0.507 e. The van der Waals surface area contributed by atoms with Crippen LogP contribution in [0.1, 0.15) is 42.1 Å². The van der Waals surface area contributed by atoms with Crippen LogP contribution >= 0.6 is 11.6 Å². The molecule has 0 radical (unpaired) electrons. The van der Waals surface area contributed by atoms with E-state index < -0.39 is 17.7 Å². The molecule has 1 saturated heterocycles. The van der Waals surface area contributed by atoms with Gasteiger partial charge >= 0.3 is 0 Å². The molecule has 0 spiro atoms. The summed E-state index contributed by atoms with van der Waals surface area (Å²) in [6.45, 7) is 7.64. The maximum atomic E-state index is 13.3. The predicted molar refractivity (Wildman–Crippen MR) is 136 cm³/mol. The summed E-state index contributed by atoms with van der Waals surface area (Å²) in [7, 11) is 0. The second kappa shape index (κ2) is 9.47. The van der Waals surface area contributed by atoms with Crippen molar-refractivity contribution in [2.45, 2.75) is 39.8 Å². The molecule has 180 valence electrons. The van der Waals surface area contributed by atoms with Crippen LogP contribution < -0.4 is 9.64 Å². The SMILES string of the molecule is Cc1ccc(N2C(=O)C(=O)/C(=C(/O)c3cccc(OC(C)C)c3)C2c2ccc(O)c(Cl)c2)cc1C. The monoisotopic (exact) mass is 491 g/mol. The fourth-order valence-corrected chi connectivity index (χ4v) is 4.32. The third kappa shape index (κ3) is 4.62. The van der Waals surface area contributed by atoms with Gasteiger partial charge in [-0.2, -0.15) is 0 Å². The number of amides is 1. The zero-order valence-corrected chi connectivity index (χ0v) is 20.6. The molecule has 1 unspecified atom stereocenters. The van der Waals surface area contributed by atoms with Crippen LogP contribution in [0.25, 0.3) is 5.76 Å². The summed E-state index contributed by atoms with van der Waals surface area (Å²) in [6, 6.07) is 15.7. The van der Waals surface area contributed by atoms with Crippen molar-refractivity contribution in [1.82, 2.24) is 0 Å². The molecule has 1 atom stereocenters. The number of benzene rings is 3. The average Bonchev–Trinajstić information content (AvgIpc) is 3.07. The summed E-state index contributed by atoms with van der Waals surface area (Å²) in [4.78, 5) is 28.0. The Morgan fingerprint density at radius 1 is 1.00 bits per heavy atom. The topological polar surface area (TPSA) is 87.1 Å². The number of Topliss-reactive ketones (excluding diaryl/α,β-unsaturated/α-hetero) is 1. The number of aryl methyl sites for hydroxylation is 2. The average molecular weight is 492 g/mol. The molecule has 1 aliphatic heterocycles. The quantitative estimate of drug-likeness (QED) is 0.257. The number of rotatable bonds is 5. The summed E-state index contributed by atoms with van der Waals surface area (Å²) in [6.07, 6.45) is -0.0816. The highest BCUT2D eigenvalue weighted by molar-refractivity contribution is 6.51. The molecule has 7 heteroatoms. The van der Waals surface area contributed by atoms with Crippen molar-refractivity contribution in [3.8, 4) is 11.5 Å². The highest BCUT2D eigenvalue weighted by Gasteiger charge is 2.47. The van der Waals surface area contributed by atoms with Crippen LogP contribution in [0.2, 0.25) is 5.02 Å². The number of phenolic OH excluding ortho intramolecular Hbond substituents is 1. The van der Waals surface area contributed by atoms with Gasteiger partial charge in [-0.05, 0) is 80.8 Å². The molecule has 35 heavy (non-hydrogen) atoms. The van der Waals surface area contributed by atoms with Gasteiger partial charge in [0.25, 0.3) is 11.7 Å². The van der Waals surface area contributed by atoms with Gasteiger partial charge in [0.15, 0.2) is 0 Å². The van der Waals surface area contributed by atoms with Gasteiger partial charge in [-0.1, -0.05) is 35.9 Å². The minimum absolute atomic E-state index is 0.0699. The Labute approximate surface area is 209 Å². The number of hydrogen-bond donors (Lipinski definition) is 2. The van der Waals surface area contributed by atoms with Crippen LogP contribution in [-0.4, -0.2) is 28.0 Å². The smallest absolute Gasteiger partial charge is 0.300 e. The molecular weight excluding hydrogens is 466 g/mol. The molecule has 1 amide bonds. The van der Waals surface area contributed by atoms with E-state index in [4.69, 9.17) is 16.3 Å². The summed E-state index contributed by atoms with van der Waals surface area (Å²) >= 11 is 6.18. The van der Waals surface area contributed by atoms with Crippen molar-refractivity contribution in [2.24, 2.45) is 0 Å². The van der Waals surface area contributed by atoms with Crippen molar-refractivity contribution >= 4 is 34.7 Å². The van der Waals surface area contributed by atoms with Crippen LogP contribution in [-0.2, 0) is 9.59 Å². The van der Waals surface area contributed by atoms with Crippen molar-refractivity contribution < 1.29 is 24.5 Å². The van der Waals surface area contributed by atoms with Crippen LogP contribution in [0.5, 0.6) is 11.5 Å². The van der Waals surface area contributed by atoms with Gasteiger partial charge in [0.05, 0.1) is 22.7 Å². The number of hydrogen-bond acceptors (Lipinski definition) is 5.